The largest absolute Gasteiger partial charge is 0.497 e. The van der Waals surface area contributed by atoms with Crippen LogP contribution in [0.4, 0.5) is 4.39 Å². The number of halogens is 2. The molecule has 0 atom stereocenters. The molecule has 1 amide bonds. The Hall–Kier alpha value is -3.12. The van der Waals surface area contributed by atoms with Crippen molar-refractivity contribution in [2.75, 3.05) is 7.11 Å². The molecule has 2 heterocycles. The number of amides is 1. The number of furan rings is 1. The van der Waals surface area contributed by atoms with Crippen molar-refractivity contribution in [1.29, 1.82) is 0 Å². The smallest absolute Gasteiger partial charge is 0.287 e. The lowest BCUT2D eigenvalue weighted by Gasteiger charge is -2.05. The third kappa shape index (κ3) is 3.44. The Morgan fingerprint density at radius 1 is 1.19 bits per heavy atom. The predicted molar refractivity (Wildman–Crippen MR) is 101 cm³/mol. The summed E-state index contributed by atoms with van der Waals surface area (Å²) in [4.78, 5) is 16.8. The van der Waals surface area contributed by atoms with E-state index in [0.717, 1.165) is 10.8 Å². The lowest BCUT2D eigenvalue weighted by atomic mass is 10.2. The molecule has 5 nitrogen and oxygen atoms in total. The number of benzene rings is 2. The maximum Gasteiger partial charge on any atom is 0.287 e. The average molecular weight is 385 g/mol. The maximum atomic E-state index is 13.1. The van der Waals surface area contributed by atoms with Gasteiger partial charge in [-0.15, -0.1) is 0 Å². The molecule has 0 unspecified atom stereocenters. The van der Waals surface area contributed by atoms with Crippen LogP contribution in [0.2, 0.25) is 5.02 Å². The maximum absolute atomic E-state index is 13.1. The number of fused-ring (bicyclic) bond motifs is 2. The second kappa shape index (κ2) is 6.89. The number of ether oxygens (including phenoxy) is 1. The first-order valence-corrected chi connectivity index (χ1v) is 8.52. The highest BCUT2D eigenvalue weighted by molar-refractivity contribution is 6.31. The molecular formula is C20H14ClFN2O3. The molecule has 0 spiro atoms. The van der Waals surface area contributed by atoms with E-state index in [-0.39, 0.29) is 17.3 Å². The van der Waals surface area contributed by atoms with Gasteiger partial charge in [0.05, 0.1) is 12.6 Å². The van der Waals surface area contributed by atoms with Crippen LogP contribution in [0.5, 0.6) is 5.75 Å². The Morgan fingerprint density at radius 2 is 2.04 bits per heavy atom. The van der Waals surface area contributed by atoms with Gasteiger partial charge in [0.15, 0.2) is 5.76 Å². The minimum atomic E-state index is -0.429. The number of aromatic nitrogens is 1. The van der Waals surface area contributed by atoms with Gasteiger partial charge in [0.1, 0.15) is 11.6 Å². The van der Waals surface area contributed by atoms with E-state index in [4.69, 9.17) is 20.8 Å². The number of carbonyl (C=O) groups excluding carboxylic acids is 1. The lowest BCUT2D eigenvalue weighted by molar-refractivity contribution is 0.0925. The van der Waals surface area contributed by atoms with Crippen LogP contribution in [-0.2, 0) is 6.54 Å². The third-order valence-electron chi connectivity index (χ3n) is 4.19. The van der Waals surface area contributed by atoms with Crippen molar-refractivity contribution < 1.29 is 18.3 Å². The van der Waals surface area contributed by atoms with E-state index >= 15 is 0 Å². The molecule has 2 aromatic heterocycles. The molecule has 7 heteroatoms. The monoisotopic (exact) mass is 384 g/mol. The summed E-state index contributed by atoms with van der Waals surface area (Å²) in [6.45, 7) is 0.154. The SMILES string of the molecule is COc1ccc2cc3cc(C(=O)NCc4ccc(F)cc4Cl)oc3nc2c1. The normalized spacial score (nSPS) is 11.1. The second-order valence-corrected chi connectivity index (χ2v) is 6.38. The summed E-state index contributed by atoms with van der Waals surface area (Å²) >= 11 is 5.97. The second-order valence-electron chi connectivity index (χ2n) is 5.97. The summed E-state index contributed by atoms with van der Waals surface area (Å²) in [5.41, 5.74) is 1.68. The first-order chi connectivity index (χ1) is 13.0. The topological polar surface area (TPSA) is 64.4 Å². The molecule has 1 N–H and O–H groups in total. The minimum absolute atomic E-state index is 0.137. The van der Waals surface area contributed by atoms with E-state index < -0.39 is 11.7 Å². The highest BCUT2D eigenvalue weighted by atomic mass is 35.5. The van der Waals surface area contributed by atoms with Crippen LogP contribution < -0.4 is 10.1 Å². The van der Waals surface area contributed by atoms with Crippen molar-refractivity contribution in [1.82, 2.24) is 10.3 Å². The van der Waals surface area contributed by atoms with E-state index in [2.05, 4.69) is 10.3 Å². The van der Waals surface area contributed by atoms with Crippen LogP contribution in [-0.4, -0.2) is 18.0 Å². The van der Waals surface area contributed by atoms with E-state index in [0.29, 0.717) is 22.5 Å². The Kier molecular flexibility index (Phi) is 4.41. The average Bonchev–Trinajstić information content (AvgIpc) is 3.07. The number of nitrogens with one attached hydrogen (secondary N) is 1. The van der Waals surface area contributed by atoms with Crippen molar-refractivity contribution >= 4 is 39.5 Å². The fraction of sp³-hybridized carbons (Fsp3) is 0.100. The van der Waals surface area contributed by atoms with E-state index in [1.807, 2.05) is 18.2 Å². The summed E-state index contributed by atoms with van der Waals surface area (Å²) in [5.74, 6) is -0.00906. The van der Waals surface area contributed by atoms with E-state index in [1.165, 1.54) is 18.2 Å². The molecule has 0 bridgehead atoms. The van der Waals surface area contributed by atoms with Gasteiger partial charge in [0, 0.05) is 28.4 Å². The standard InChI is InChI=1S/C20H14ClFN2O3/c1-26-15-5-3-11-6-13-7-18(27-20(13)24-17(11)9-15)19(25)23-10-12-2-4-14(22)8-16(12)21/h2-9H,10H2,1H3,(H,23,25). The highest BCUT2D eigenvalue weighted by Gasteiger charge is 2.14. The summed E-state index contributed by atoms with van der Waals surface area (Å²) in [7, 11) is 1.59. The van der Waals surface area contributed by atoms with Crippen molar-refractivity contribution in [2.24, 2.45) is 0 Å². The van der Waals surface area contributed by atoms with Gasteiger partial charge in [-0.3, -0.25) is 4.79 Å². The summed E-state index contributed by atoms with van der Waals surface area (Å²) in [6.07, 6.45) is 0. The van der Waals surface area contributed by atoms with Gasteiger partial charge in [0.25, 0.3) is 5.91 Å². The van der Waals surface area contributed by atoms with E-state index in [1.54, 1.807) is 19.2 Å². The molecule has 0 aliphatic heterocycles. The first-order valence-electron chi connectivity index (χ1n) is 8.14. The molecule has 0 radical (unpaired) electrons. The molecule has 27 heavy (non-hydrogen) atoms. The van der Waals surface area contributed by atoms with Crippen LogP contribution >= 0.6 is 11.6 Å². The fourth-order valence-electron chi connectivity index (χ4n) is 2.77. The molecule has 136 valence electrons. The number of methoxy groups -OCH3 is 1. The van der Waals surface area contributed by atoms with Gasteiger partial charge in [-0.2, -0.15) is 0 Å². The van der Waals surface area contributed by atoms with Gasteiger partial charge in [0.2, 0.25) is 5.71 Å². The molecule has 0 saturated carbocycles. The lowest BCUT2D eigenvalue weighted by Crippen LogP contribution is -2.22. The summed E-state index contributed by atoms with van der Waals surface area (Å²) in [6, 6.07) is 13.1. The van der Waals surface area contributed by atoms with Crippen molar-refractivity contribution in [2.45, 2.75) is 6.54 Å². The molecule has 0 aliphatic carbocycles. The van der Waals surface area contributed by atoms with Gasteiger partial charge >= 0.3 is 0 Å². The predicted octanol–water partition coefficient (Wildman–Crippen LogP) is 4.71. The zero-order chi connectivity index (χ0) is 19.0. The summed E-state index contributed by atoms with van der Waals surface area (Å²) in [5, 5.41) is 4.59. The van der Waals surface area contributed by atoms with Crippen LogP contribution in [0.15, 0.2) is 52.9 Å². The number of carbonyl (C=O) groups is 1. The zero-order valence-electron chi connectivity index (χ0n) is 14.3. The van der Waals surface area contributed by atoms with Crippen molar-refractivity contribution in [3.05, 3.63) is 70.7 Å². The Bertz CT molecular complexity index is 1170. The molecular weight excluding hydrogens is 371 g/mol. The Balaban J connectivity index is 1.59. The Labute approximate surface area is 158 Å². The molecule has 4 aromatic rings. The fourth-order valence-corrected chi connectivity index (χ4v) is 3.01. The molecule has 2 aromatic carbocycles. The Morgan fingerprint density at radius 3 is 2.81 bits per heavy atom. The number of nitrogens with zero attached hydrogens (tertiary/aromatic N) is 1. The number of hydrogen-bond acceptors (Lipinski definition) is 4. The van der Waals surface area contributed by atoms with Gasteiger partial charge in [-0.1, -0.05) is 17.7 Å². The molecule has 0 saturated heterocycles. The van der Waals surface area contributed by atoms with Crippen LogP contribution in [0.25, 0.3) is 22.0 Å². The summed E-state index contributed by atoms with van der Waals surface area (Å²) < 4.78 is 23.9. The van der Waals surface area contributed by atoms with Crippen LogP contribution in [0.3, 0.4) is 0 Å². The number of pyridine rings is 1. The third-order valence-corrected chi connectivity index (χ3v) is 4.54. The quantitative estimate of drug-likeness (QED) is 0.553. The molecule has 0 aliphatic rings. The first kappa shape index (κ1) is 17.3. The van der Waals surface area contributed by atoms with Crippen LogP contribution in [0.1, 0.15) is 16.1 Å². The molecule has 0 fully saturated rings. The van der Waals surface area contributed by atoms with E-state index in [9.17, 15) is 9.18 Å². The van der Waals surface area contributed by atoms with Crippen molar-refractivity contribution in [3.63, 3.8) is 0 Å². The van der Waals surface area contributed by atoms with Gasteiger partial charge < -0.3 is 14.5 Å². The molecule has 4 rings (SSSR count). The van der Waals surface area contributed by atoms with Gasteiger partial charge in [-0.25, -0.2) is 9.37 Å². The number of hydrogen-bond donors (Lipinski definition) is 1. The highest BCUT2D eigenvalue weighted by Crippen LogP contribution is 2.26. The van der Waals surface area contributed by atoms with Gasteiger partial charge in [-0.05, 0) is 42.0 Å². The minimum Gasteiger partial charge on any atom is -0.497 e. The van der Waals surface area contributed by atoms with Crippen molar-refractivity contribution in [3.8, 4) is 5.75 Å². The van der Waals surface area contributed by atoms with Crippen LogP contribution in [0, 0.1) is 5.82 Å². The number of rotatable bonds is 4. The zero-order valence-corrected chi connectivity index (χ0v) is 15.0.